The molecule has 0 unspecified atom stereocenters. The number of hydrogen-bond donors (Lipinski definition) is 1. The normalized spacial score (nSPS) is 11.6. The zero-order chi connectivity index (χ0) is 21.1. The van der Waals surface area contributed by atoms with Crippen LogP contribution in [0.25, 0.3) is 0 Å². The molecule has 1 atom stereocenters. The number of carbonyl (C=O) groups excluding carboxylic acids is 2. The lowest BCUT2D eigenvalue weighted by molar-refractivity contribution is -0.141. The Bertz CT molecular complexity index is 765. The van der Waals surface area contributed by atoms with E-state index < -0.39 is 6.04 Å². The Kier molecular flexibility index (Phi) is 9.97. The predicted octanol–water partition coefficient (Wildman–Crippen LogP) is 4.05. The van der Waals surface area contributed by atoms with Crippen molar-refractivity contribution in [3.05, 3.63) is 63.7 Å². The molecule has 2 aromatic rings. The van der Waals surface area contributed by atoms with E-state index in [2.05, 4.69) is 34.8 Å². The van der Waals surface area contributed by atoms with Crippen LogP contribution in [0.1, 0.15) is 32.3 Å². The van der Waals surface area contributed by atoms with Gasteiger partial charge in [0.1, 0.15) is 11.8 Å². The fraction of sp³-hybridized carbons (Fsp3) is 0.391. The molecule has 0 aromatic heterocycles. The fourth-order valence-corrected chi connectivity index (χ4v) is 3.22. The number of hydrogen-bond acceptors (Lipinski definition) is 3. The second kappa shape index (κ2) is 12.5. The molecular weight excluding hydrogens is 479 g/mol. The number of nitrogens with zero attached hydrogens (tertiary/aromatic N) is 1. The molecule has 0 heterocycles. The molecular formula is C23H29IN2O3. The molecule has 0 bridgehead atoms. The van der Waals surface area contributed by atoms with Crippen molar-refractivity contribution < 1.29 is 14.3 Å². The van der Waals surface area contributed by atoms with Gasteiger partial charge in [-0.25, -0.2) is 0 Å². The van der Waals surface area contributed by atoms with E-state index >= 15 is 0 Å². The summed E-state index contributed by atoms with van der Waals surface area (Å²) in [5, 5.41) is 2.92. The third-order valence-corrected chi connectivity index (χ3v) is 5.38. The molecule has 0 aliphatic rings. The number of ether oxygens (including phenoxy) is 1. The molecule has 156 valence electrons. The summed E-state index contributed by atoms with van der Waals surface area (Å²) in [6.07, 6.45) is 2.62. The van der Waals surface area contributed by atoms with Crippen molar-refractivity contribution in [1.29, 1.82) is 0 Å². The van der Waals surface area contributed by atoms with Crippen molar-refractivity contribution >= 4 is 34.4 Å². The van der Waals surface area contributed by atoms with E-state index in [1.165, 1.54) is 0 Å². The monoisotopic (exact) mass is 508 g/mol. The Hall–Kier alpha value is -2.09. The topological polar surface area (TPSA) is 58.6 Å². The molecule has 0 fully saturated rings. The van der Waals surface area contributed by atoms with Gasteiger partial charge < -0.3 is 15.0 Å². The third-order valence-electron chi connectivity index (χ3n) is 4.66. The van der Waals surface area contributed by atoms with Gasteiger partial charge in [-0.1, -0.05) is 43.7 Å². The van der Waals surface area contributed by atoms with Crippen LogP contribution < -0.4 is 10.1 Å². The minimum atomic E-state index is -0.552. The van der Waals surface area contributed by atoms with Crippen molar-refractivity contribution in [2.45, 2.75) is 39.2 Å². The predicted molar refractivity (Wildman–Crippen MR) is 124 cm³/mol. The molecule has 1 N–H and O–H groups in total. The van der Waals surface area contributed by atoms with Gasteiger partial charge in [0.05, 0.1) is 0 Å². The average Bonchev–Trinajstić information content (AvgIpc) is 2.74. The molecule has 6 heteroatoms. The van der Waals surface area contributed by atoms with Crippen LogP contribution in [0.5, 0.6) is 5.75 Å². The maximum Gasteiger partial charge on any atom is 0.261 e. The molecule has 0 aliphatic heterocycles. The second-order valence-corrected chi connectivity index (χ2v) is 8.13. The zero-order valence-electron chi connectivity index (χ0n) is 17.1. The Morgan fingerprint density at radius 1 is 1.10 bits per heavy atom. The second-order valence-electron chi connectivity index (χ2n) is 6.89. The Labute approximate surface area is 187 Å². The molecule has 0 saturated heterocycles. The first kappa shape index (κ1) is 23.2. The highest BCUT2D eigenvalue weighted by Crippen LogP contribution is 2.14. The van der Waals surface area contributed by atoms with Gasteiger partial charge in [-0.3, -0.25) is 9.59 Å². The van der Waals surface area contributed by atoms with Gasteiger partial charge in [0.15, 0.2) is 6.61 Å². The van der Waals surface area contributed by atoms with Crippen LogP contribution in [0.2, 0.25) is 0 Å². The van der Waals surface area contributed by atoms with E-state index in [-0.39, 0.29) is 18.4 Å². The SMILES string of the molecule is CCCCNC(=O)[C@H](C)N(CCc1ccccc1)C(=O)COc1ccc(I)cc1. The van der Waals surface area contributed by atoms with Crippen molar-refractivity contribution in [1.82, 2.24) is 10.2 Å². The van der Waals surface area contributed by atoms with E-state index in [4.69, 9.17) is 4.74 Å². The molecule has 2 amide bonds. The first-order valence-electron chi connectivity index (χ1n) is 10.0. The summed E-state index contributed by atoms with van der Waals surface area (Å²) in [5.74, 6) is 0.313. The molecule has 0 saturated carbocycles. The summed E-state index contributed by atoms with van der Waals surface area (Å²) in [6.45, 7) is 4.84. The Balaban J connectivity index is 2.01. The molecule has 0 spiro atoms. The van der Waals surface area contributed by atoms with Crippen molar-refractivity contribution in [2.75, 3.05) is 19.7 Å². The summed E-state index contributed by atoms with van der Waals surface area (Å²) in [4.78, 5) is 27.1. The summed E-state index contributed by atoms with van der Waals surface area (Å²) in [7, 11) is 0. The van der Waals surface area contributed by atoms with Gasteiger partial charge in [0.2, 0.25) is 5.91 Å². The fourth-order valence-electron chi connectivity index (χ4n) is 2.86. The smallest absolute Gasteiger partial charge is 0.261 e. The lowest BCUT2D eigenvalue weighted by Gasteiger charge is -2.28. The summed E-state index contributed by atoms with van der Waals surface area (Å²) in [5.41, 5.74) is 1.13. The molecule has 0 aliphatic carbocycles. The van der Waals surface area contributed by atoms with Crippen LogP contribution in [0, 0.1) is 3.57 Å². The largest absolute Gasteiger partial charge is 0.484 e. The van der Waals surface area contributed by atoms with Crippen LogP contribution in [0.4, 0.5) is 0 Å². The van der Waals surface area contributed by atoms with E-state index in [0.717, 1.165) is 22.0 Å². The first-order chi connectivity index (χ1) is 14.0. The van der Waals surface area contributed by atoms with Gasteiger partial charge in [0, 0.05) is 16.7 Å². The van der Waals surface area contributed by atoms with Gasteiger partial charge in [-0.05, 0) is 72.2 Å². The first-order valence-corrected chi connectivity index (χ1v) is 11.1. The zero-order valence-corrected chi connectivity index (χ0v) is 19.2. The van der Waals surface area contributed by atoms with Crippen LogP contribution in [-0.2, 0) is 16.0 Å². The Morgan fingerprint density at radius 2 is 1.79 bits per heavy atom. The number of amides is 2. The number of rotatable bonds is 11. The minimum absolute atomic E-state index is 0.0953. The molecule has 2 rings (SSSR count). The standard InChI is InChI=1S/C23H29IN2O3/c1-3-4-15-25-23(28)18(2)26(16-14-19-8-6-5-7-9-19)22(27)17-29-21-12-10-20(24)11-13-21/h5-13,18H,3-4,14-17H2,1-2H3,(H,25,28)/t18-/m0/s1. The lowest BCUT2D eigenvalue weighted by Crippen LogP contribution is -2.50. The summed E-state index contributed by atoms with van der Waals surface area (Å²) < 4.78 is 6.76. The maximum atomic E-state index is 12.9. The van der Waals surface area contributed by atoms with Crippen LogP contribution >= 0.6 is 22.6 Å². The third kappa shape index (κ3) is 8.04. The number of halogens is 1. The molecule has 5 nitrogen and oxygen atoms in total. The van der Waals surface area contributed by atoms with Crippen molar-refractivity contribution in [3.63, 3.8) is 0 Å². The van der Waals surface area contributed by atoms with Gasteiger partial charge >= 0.3 is 0 Å². The van der Waals surface area contributed by atoms with Gasteiger partial charge in [-0.15, -0.1) is 0 Å². The van der Waals surface area contributed by atoms with Gasteiger partial charge in [0.25, 0.3) is 5.91 Å². The van der Waals surface area contributed by atoms with Crippen molar-refractivity contribution in [2.24, 2.45) is 0 Å². The highest BCUT2D eigenvalue weighted by Gasteiger charge is 2.25. The van der Waals surface area contributed by atoms with E-state index in [1.807, 2.05) is 54.6 Å². The van der Waals surface area contributed by atoms with Crippen LogP contribution in [0.15, 0.2) is 54.6 Å². The summed E-state index contributed by atoms with van der Waals surface area (Å²) >= 11 is 2.22. The highest BCUT2D eigenvalue weighted by molar-refractivity contribution is 14.1. The van der Waals surface area contributed by atoms with Crippen LogP contribution in [0.3, 0.4) is 0 Å². The maximum absolute atomic E-state index is 12.9. The quantitative estimate of drug-likeness (QED) is 0.368. The number of nitrogens with one attached hydrogen (secondary N) is 1. The van der Waals surface area contributed by atoms with E-state index in [0.29, 0.717) is 25.3 Å². The minimum Gasteiger partial charge on any atom is -0.484 e. The Morgan fingerprint density at radius 3 is 2.45 bits per heavy atom. The lowest BCUT2D eigenvalue weighted by atomic mass is 10.1. The average molecular weight is 508 g/mol. The summed E-state index contributed by atoms with van der Waals surface area (Å²) in [6, 6.07) is 16.9. The number of unbranched alkanes of at least 4 members (excludes halogenated alkanes) is 1. The van der Waals surface area contributed by atoms with E-state index in [1.54, 1.807) is 11.8 Å². The molecule has 2 aromatic carbocycles. The van der Waals surface area contributed by atoms with Gasteiger partial charge in [-0.2, -0.15) is 0 Å². The molecule has 0 radical (unpaired) electrons. The number of carbonyl (C=O) groups is 2. The number of benzene rings is 2. The highest BCUT2D eigenvalue weighted by atomic mass is 127. The molecule has 29 heavy (non-hydrogen) atoms. The van der Waals surface area contributed by atoms with Crippen LogP contribution in [-0.4, -0.2) is 42.5 Å². The van der Waals surface area contributed by atoms with E-state index in [9.17, 15) is 9.59 Å². The van der Waals surface area contributed by atoms with Crippen molar-refractivity contribution in [3.8, 4) is 5.75 Å².